The zero-order valence-electron chi connectivity index (χ0n) is 18.4. The summed E-state index contributed by atoms with van der Waals surface area (Å²) in [6, 6.07) is -0.855. The fraction of sp³-hybridized carbons (Fsp3) is 0.700. The average molecular weight is 492 g/mol. The minimum atomic E-state index is -3.25. The van der Waals surface area contributed by atoms with Gasteiger partial charge in [-0.1, -0.05) is 0 Å². The lowest BCUT2D eigenvalue weighted by atomic mass is 9.98. The zero-order chi connectivity index (χ0) is 24.0. The Morgan fingerprint density at radius 2 is 2.00 bits per heavy atom. The van der Waals surface area contributed by atoms with Gasteiger partial charge in [0.05, 0.1) is 12.3 Å². The molecule has 1 saturated carbocycles. The SMILES string of the molecule is C[C@@]1(F)CCC[C@H]1N1c2nc(NC3CCN(S(C)(=O)=O)CC3)ncc2C=C(OC(F)F)C1O. The Morgan fingerprint density at radius 3 is 2.58 bits per heavy atom. The highest BCUT2D eigenvalue weighted by molar-refractivity contribution is 7.88. The molecule has 9 nitrogen and oxygen atoms in total. The maximum Gasteiger partial charge on any atom is 0.387 e. The van der Waals surface area contributed by atoms with E-state index in [0.717, 1.165) is 0 Å². The number of aromatic nitrogens is 2. The predicted molar refractivity (Wildman–Crippen MR) is 116 cm³/mol. The fourth-order valence-corrected chi connectivity index (χ4v) is 5.68. The van der Waals surface area contributed by atoms with E-state index in [1.165, 1.54) is 34.7 Å². The highest BCUT2D eigenvalue weighted by Crippen LogP contribution is 2.43. The van der Waals surface area contributed by atoms with Crippen molar-refractivity contribution in [3.63, 3.8) is 0 Å². The van der Waals surface area contributed by atoms with E-state index in [1.54, 1.807) is 0 Å². The van der Waals surface area contributed by atoms with E-state index < -0.39 is 40.3 Å². The normalized spacial score (nSPS) is 29.2. The molecule has 2 aliphatic heterocycles. The number of hydrogen-bond donors (Lipinski definition) is 2. The second-order valence-corrected chi connectivity index (χ2v) is 10.9. The summed E-state index contributed by atoms with van der Waals surface area (Å²) in [6.45, 7) is -0.981. The summed E-state index contributed by atoms with van der Waals surface area (Å²) in [4.78, 5) is 10.0. The Balaban J connectivity index is 1.60. The number of anilines is 2. The average Bonchev–Trinajstić information content (AvgIpc) is 3.07. The number of ether oxygens (including phenoxy) is 1. The number of piperidine rings is 1. The van der Waals surface area contributed by atoms with E-state index in [0.29, 0.717) is 44.3 Å². The summed E-state index contributed by atoms with van der Waals surface area (Å²) in [6.07, 6.45) is 4.59. The minimum Gasteiger partial charge on any atom is -0.434 e. The van der Waals surface area contributed by atoms with Gasteiger partial charge in [-0.2, -0.15) is 13.8 Å². The molecule has 2 N–H and O–H groups in total. The smallest absolute Gasteiger partial charge is 0.387 e. The Bertz CT molecular complexity index is 1010. The number of hydrogen-bond acceptors (Lipinski definition) is 8. The number of nitrogens with one attached hydrogen (secondary N) is 1. The van der Waals surface area contributed by atoms with Crippen LogP contribution < -0.4 is 10.2 Å². The lowest BCUT2D eigenvalue weighted by molar-refractivity contribution is -0.111. The van der Waals surface area contributed by atoms with Gasteiger partial charge in [0.1, 0.15) is 11.5 Å². The van der Waals surface area contributed by atoms with Crippen LogP contribution in [0, 0.1) is 0 Å². The number of sulfonamides is 1. The number of fused-ring (bicyclic) bond motifs is 1. The van der Waals surface area contributed by atoms with Gasteiger partial charge in [0.2, 0.25) is 16.0 Å². The maximum absolute atomic E-state index is 15.2. The molecular formula is C20H28F3N5O4S. The number of nitrogens with zero attached hydrogens (tertiary/aromatic N) is 4. The van der Waals surface area contributed by atoms with Crippen LogP contribution in [0.4, 0.5) is 24.9 Å². The van der Waals surface area contributed by atoms with Crippen LogP contribution in [0.5, 0.6) is 0 Å². The molecule has 184 valence electrons. The van der Waals surface area contributed by atoms with Crippen molar-refractivity contribution in [3.8, 4) is 0 Å². The molecule has 0 aromatic carbocycles. The molecular weight excluding hydrogens is 463 g/mol. The topological polar surface area (TPSA) is 108 Å². The number of alkyl halides is 3. The molecule has 13 heteroatoms. The standard InChI is InChI=1S/C20H28F3N5O4S/c1-20(23)7-3-4-15(20)28-16-12(10-14(17(28)29)32-18(21)22)11-24-19(26-16)25-13-5-8-27(9-6-13)33(2,30)31/h10-11,13,15,17-18,29H,3-9H2,1-2H3,(H,24,25,26)/t15-,17?,20-/m1/s1. The van der Waals surface area contributed by atoms with Crippen LogP contribution in [0.1, 0.15) is 44.6 Å². The van der Waals surface area contributed by atoms with Crippen LogP contribution in [0.3, 0.4) is 0 Å². The van der Waals surface area contributed by atoms with Crippen LogP contribution in [0.2, 0.25) is 0 Å². The van der Waals surface area contributed by atoms with Crippen molar-refractivity contribution in [2.45, 2.75) is 69.6 Å². The summed E-state index contributed by atoms with van der Waals surface area (Å²) < 4.78 is 70.4. The molecule has 4 rings (SSSR count). The first-order valence-corrected chi connectivity index (χ1v) is 12.7. The molecule has 3 heterocycles. The Hall–Kier alpha value is -2.12. The first-order chi connectivity index (χ1) is 15.5. The third kappa shape index (κ3) is 5.04. The van der Waals surface area contributed by atoms with E-state index in [2.05, 4.69) is 20.0 Å². The van der Waals surface area contributed by atoms with Gasteiger partial charge in [0, 0.05) is 30.9 Å². The quantitative estimate of drug-likeness (QED) is 0.624. The Kier molecular flexibility index (Phi) is 6.49. The summed E-state index contributed by atoms with van der Waals surface area (Å²) in [5, 5.41) is 14.0. The van der Waals surface area contributed by atoms with Crippen LogP contribution >= 0.6 is 0 Å². The van der Waals surface area contributed by atoms with Crippen LogP contribution in [0.15, 0.2) is 12.0 Å². The van der Waals surface area contributed by atoms with Crippen molar-refractivity contribution in [3.05, 3.63) is 17.5 Å². The molecule has 0 amide bonds. The largest absolute Gasteiger partial charge is 0.434 e. The molecule has 1 aromatic rings. The molecule has 1 unspecified atom stereocenters. The first kappa shape index (κ1) is 24.0. The van der Waals surface area contributed by atoms with Crippen LogP contribution in [-0.4, -0.2) is 77.7 Å². The minimum absolute atomic E-state index is 0.0748. The zero-order valence-corrected chi connectivity index (χ0v) is 19.2. The highest BCUT2D eigenvalue weighted by Gasteiger charge is 2.48. The van der Waals surface area contributed by atoms with E-state index in [9.17, 15) is 22.3 Å². The van der Waals surface area contributed by atoms with E-state index >= 15 is 4.39 Å². The first-order valence-electron chi connectivity index (χ1n) is 10.9. The van der Waals surface area contributed by atoms with Gasteiger partial charge in [-0.15, -0.1) is 0 Å². The fourth-order valence-electron chi connectivity index (χ4n) is 4.81. The monoisotopic (exact) mass is 491 g/mol. The van der Waals surface area contributed by atoms with Gasteiger partial charge in [-0.25, -0.2) is 22.1 Å². The predicted octanol–water partition coefficient (Wildman–Crippen LogP) is 2.31. The highest BCUT2D eigenvalue weighted by atomic mass is 32.2. The number of halogens is 3. The van der Waals surface area contributed by atoms with Crippen molar-refractivity contribution >= 4 is 27.9 Å². The van der Waals surface area contributed by atoms with E-state index in [-0.39, 0.29) is 24.2 Å². The third-order valence-corrected chi connectivity index (χ3v) is 7.81. The Morgan fingerprint density at radius 1 is 1.30 bits per heavy atom. The molecule has 0 bridgehead atoms. The Labute approximate surface area is 190 Å². The number of aliphatic hydroxyl groups is 1. The summed E-state index contributed by atoms with van der Waals surface area (Å²) in [7, 11) is -3.25. The summed E-state index contributed by atoms with van der Waals surface area (Å²) in [5.74, 6) is 0.0672. The molecule has 3 atom stereocenters. The van der Waals surface area contributed by atoms with E-state index in [4.69, 9.17) is 0 Å². The summed E-state index contributed by atoms with van der Waals surface area (Å²) in [5.41, 5.74) is -1.32. The number of aliphatic hydroxyl groups excluding tert-OH is 1. The molecule has 1 aromatic heterocycles. The second-order valence-electron chi connectivity index (χ2n) is 8.95. The lowest BCUT2D eigenvalue weighted by Crippen LogP contribution is -2.53. The van der Waals surface area contributed by atoms with Crippen LogP contribution in [-0.2, 0) is 14.8 Å². The molecule has 2 fully saturated rings. The third-order valence-electron chi connectivity index (χ3n) is 6.51. The molecule has 3 aliphatic rings. The van der Waals surface area contributed by atoms with Crippen molar-refractivity contribution in [2.75, 3.05) is 29.6 Å². The van der Waals surface area contributed by atoms with Gasteiger partial charge in [0.15, 0.2) is 12.0 Å². The molecule has 1 aliphatic carbocycles. The summed E-state index contributed by atoms with van der Waals surface area (Å²) >= 11 is 0. The van der Waals surface area contributed by atoms with E-state index in [1.807, 2.05) is 0 Å². The van der Waals surface area contributed by atoms with Crippen LogP contribution in [0.25, 0.3) is 6.08 Å². The molecule has 0 radical (unpaired) electrons. The lowest BCUT2D eigenvalue weighted by Gasteiger charge is -2.42. The molecule has 1 saturated heterocycles. The van der Waals surface area contributed by atoms with Crippen molar-refractivity contribution in [1.82, 2.24) is 14.3 Å². The van der Waals surface area contributed by atoms with Crippen molar-refractivity contribution in [1.29, 1.82) is 0 Å². The van der Waals surface area contributed by atoms with Gasteiger partial charge >= 0.3 is 6.61 Å². The molecule has 33 heavy (non-hydrogen) atoms. The van der Waals surface area contributed by atoms with Gasteiger partial charge in [-0.05, 0) is 45.1 Å². The van der Waals surface area contributed by atoms with Crippen molar-refractivity contribution < 1.29 is 31.4 Å². The van der Waals surface area contributed by atoms with Gasteiger partial charge < -0.3 is 20.1 Å². The second kappa shape index (κ2) is 8.91. The molecule has 0 spiro atoms. The number of rotatable bonds is 6. The van der Waals surface area contributed by atoms with Crippen molar-refractivity contribution in [2.24, 2.45) is 0 Å². The van der Waals surface area contributed by atoms with Gasteiger partial charge in [0.25, 0.3) is 0 Å². The van der Waals surface area contributed by atoms with Gasteiger partial charge in [-0.3, -0.25) is 0 Å². The maximum atomic E-state index is 15.2.